The fourth-order valence-electron chi connectivity index (χ4n) is 4.83. The van der Waals surface area contributed by atoms with Gasteiger partial charge in [-0.1, -0.05) is 55.5 Å². The van der Waals surface area contributed by atoms with Gasteiger partial charge < -0.3 is 20.1 Å². The van der Waals surface area contributed by atoms with E-state index in [0.717, 1.165) is 22.3 Å². The number of benzene rings is 2. The van der Waals surface area contributed by atoms with Gasteiger partial charge in [0.1, 0.15) is 12.6 Å². The minimum Gasteiger partial charge on any atom is -0.480 e. The normalized spacial score (nSPS) is 19.4. The van der Waals surface area contributed by atoms with E-state index in [4.69, 9.17) is 4.74 Å². The van der Waals surface area contributed by atoms with Crippen molar-refractivity contribution in [1.82, 2.24) is 10.2 Å². The number of nitrogens with zero attached hydrogens (tertiary/aromatic N) is 1. The molecule has 0 bridgehead atoms. The number of hydrogen-bond donors (Lipinski definition) is 2. The summed E-state index contributed by atoms with van der Waals surface area (Å²) in [5, 5.41) is 12.1. The summed E-state index contributed by atoms with van der Waals surface area (Å²) in [5.41, 5.74) is 3.67. The standard InChI is InChI=1S/C26H30N2O5S/c1-4-23-28(21(15-34-23)24(30)31)22(29)13-26(2,3)27-25(32)33-14-20-18-11-7-5-9-16(18)17-10-6-8-12-19(17)20/h5-12,20-21,23H,4,13-15H2,1-3H3,(H,27,32)(H,30,31). The Bertz CT molecular complexity index is 1060. The maximum absolute atomic E-state index is 13.0. The van der Waals surface area contributed by atoms with Crippen LogP contribution in [0.15, 0.2) is 48.5 Å². The van der Waals surface area contributed by atoms with Crippen molar-refractivity contribution in [1.29, 1.82) is 0 Å². The smallest absolute Gasteiger partial charge is 0.407 e. The van der Waals surface area contributed by atoms with Gasteiger partial charge in [-0.15, -0.1) is 11.8 Å². The molecule has 2 aromatic carbocycles. The lowest BCUT2D eigenvalue weighted by molar-refractivity contribution is -0.149. The Kier molecular flexibility index (Phi) is 6.89. The van der Waals surface area contributed by atoms with Crippen LogP contribution < -0.4 is 5.32 Å². The zero-order chi connectivity index (χ0) is 24.5. The molecular formula is C26H30N2O5S. The van der Waals surface area contributed by atoms with Gasteiger partial charge in [0.25, 0.3) is 0 Å². The summed E-state index contributed by atoms with van der Waals surface area (Å²) < 4.78 is 5.61. The second-order valence-electron chi connectivity index (χ2n) is 9.36. The minimum absolute atomic E-state index is 0.0158. The average Bonchev–Trinajstić information content (AvgIpc) is 3.37. The van der Waals surface area contributed by atoms with Crippen LogP contribution >= 0.6 is 11.8 Å². The van der Waals surface area contributed by atoms with Crippen LogP contribution in [0.3, 0.4) is 0 Å². The second kappa shape index (κ2) is 9.70. The maximum atomic E-state index is 13.0. The molecule has 34 heavy (non-hydrogen) atoms. The molecular weight excluding hydrogens is 452 g/mol. The SMILES string of the molecule is CCC1SCC(C(=O)O)N1C(=O)CC(C)(C)NC(=O)OCC1c2ccccc2-c2ccccc21. The largest absolute Gasteiger partial charge is 0.480 e. The van der Waals surface area contributed by atoms with Gasteiger partial charge in [-0.25, -0.2) is 9.59 Å². The maximum Gasteiger partial charge on any atom is 0.407 e. The number of ether oxygens (including phenoxy) is 1. The number of amides is 2. The highest BCUT2D eigenvalue weighted by molar-refractivity contribution is 8.00. The van der Waals surface area contributed by atoms with Crippen molar-refractivity contribution in [3.63, 3.8) is 0 Å². The summed E-state index contributed by atoms with van der Waals surface area (Å²) in [6.45, 7) is 5.60. The molecule has 2 unspecified atom stereocenters. The highest BCUT2D eigenvalue weighted by Crippen LogP contribution is 2.44. The van der Waals surface area contributed by atoms with E-state index in [9.17, 15) is 19.5 Å². The molecule has 0 saturated carbocycles. The molecule has 1 saturated heterocycles. The quantitative estimate of drug-likeness (QED) is 0.605. The van der Waals surface area contributed by atoms with Crippen molar-refractivity contribution in [3.8, 4) is 11.1 Å². The average molecular weight is 483 g/mol. The zero-order valence-corrected chi connectivity index (χ0v) is 20.4. The summed E-state index contributed by atoms with van der Waals surface area (Å²) in [6.07, 6.45) is 0.0515. The Hall–Kier alpha value is -3.00. The van der Waals surface area contributed by atoms with Crippen LogP contribution in [0.5, 0.6) is 0 Å². The molecule has 180 valence electrons. The molecule has 8 heteroatoms. The molecule has 2 aliphatic rings. The lowest BCUT2D eigenvalue weighted by atomic mass is 9.98. The summed E-state index contributed by atoms with van der Waals surface area (Å²) in [5.74, 6) is -0.960. The summed E-state index contributed by atoms with van der Waals surface area (Å²) >= 11 is 1.48. The highest BCUT2D eigenvalue weighted by atomic mass is 32.2. The van der Waals surface area contributed by atoms with E-state index >= 15 is 0 Å². The van der Waals surface area contributed by atoms with E-state index in [1.807, 2.05) is 31.2 Å². The molecule has 0 spiro atoms. The van der Waals surface area contributed by atoms with Crippen molar-refractivity contribution in [2.75, 3.05) is 12.4 Å². The molecule has 1 fully saturated rings. The summed E-state index contributed by atoms with van der Waals surface area (Å²) in [7, 11) is 0. The first kappa shape index (κ1) is 24.1. The van der Waals surface area contributed by atoms with Gasteiger partial charge in [-0.2, -0.15) is 0 Å². The topological polar surface area (TPSA) is 95.9 Å². The number of rotatable bonds is 7. The van der Waals surface area contributed by atoms with Gasteiger partial charge in [-0.05, 0) is 42.5 Å². The Labute approximate surface area is 203 Å². The van der Waals surface area contributed by atoms with Crippen molar-refractivity contribution >= 4 is 29.7 Å². The number of carbonyl (C=O) groups excluding carboxylic acids is 2. The van der Waals surface area contributed by atoms with Gasteiger partial charge in [0.2, 0.25) is 5.91 Å². The molecule has 4 rings (SSSR count). The predicted octanol–water partition coefficient (Wildman–Crippen LogP) is 4.46. The molecule has 2 N–H and O–H groups in total. The summed E-state index contributed by atoms with van der Waals surface area (Å²) in [6, 6.07) is 15.4. The van der Waals surface area contributed by atoms with E-state index in [1.165, 1.54) is 16.7 Å². The van der Waals surface area contributed by atoms with Gasteiger partial charge >= 0.3 is 12.1 Å². The predicted molar refractivity (Wildman–Crippen MR) is 132 cm³/mol. The van der Waals surface area contributed by atoms with Gasteiger partial charge in [0, 0.05) is 23.6 Å². The number of aliphatic carboxylic acids is 1. The Morgan fingerprint density at radius 2 is 1.68 bits per heavy atom. The molecule has 1 heterocycles. The van der Waals surface area contributed by atoms with E-state index < -0.39 is 23.6 Å². The lowest BCUT2D eigenvalue weighted by Crippen LogP contribution is -2.51. The lowest BCUT2D eigenvalue weighted by Gasteiger charge is -2.32. The van der Waals surface area contributed by atoms with Gasteiger partial charge in [0.15, 0.2) is 0 Å². The third-order valence-electron chi connectivity index (χ3n) is 6.39. The number of thioether (sulfide) groups is 1. The number of nitrogens with one attached hydrogen (secondary N) is 1. The molecule has 2 atom stereocenters. The Morgan fingerprint density at radius 1 is 1.09 bits per heavy atom. The first-order valence-electron chi connectivity index (χ1n) is 11.5. The van der Waals surface area contributed by atoms with Crippen LogP contribution in [0, 0.1) is 0 Å². The molecule has 1 aliphatic carbocycles. The van der Waals surface area contributed by atoms with E-state index in [-0.39, 0.29) is 30.2 Å². The third kappa shape index (κ3) is 4.78. The number of hydrogen-bond acceptors (Lipinski definition) is 5. The first-order valence-corrected chi connectivity index (χ1v) is 12.6. The van der Waals surface area contributed by atoms with E-state index in [0.29, 0.717) is 12.2 Å². The van der Waals surface area contributed by atoms with Crippen molar-refractivity contribution in [3.05, 3.63) is 59.7 Å². The number of carbonyl (C=O) groups is 3. The number of alkyl carbamates (subject to hydrolysis) is 1. The van der Waals surface area contributed by atoms with E-state index in [2.05, 4.69) is 29.6 Å². The zero-order valence-electron chi connectivity index (χ0n) is 19.6. The van der Waals surface area contributed by atoms with Crippen LogP contribution in [-0.2, 0) is 14.3 Å². The van der Waals surface area contributed by atoms with Crippen molar-refractivity contribution < 1.29 is 24.2 Å². The number of carboxylic acids is 1. The molecule has 2 amide bonds. The Morgan fingerprint density at radius 3 is 2.24 bits per heavy atom. The van der Waals surface area contributed by atoms with Crippen LogP contribution in [0.2, 0.25) is 0 Å². The van der Waals surface area contributed by atoms with Crippen LogP contribution in [0.1, 0.15) is 50.7 Å². The fourth-order valence-corrected chi connectivity index (χ4v) is 6.20. The number of fused-ring (bicyclic) bond motifs is 3. The Balaban J connectivity index is 1.38. The van der Waals surface area contributed by atoms with Crippen molar-refractivity contribution in [2.24, 2.45) is 0 Å². The third-order valence-corrected chi connectivity index (χ3v) is 7.85. The van der Waals surface area contributed by atoms with Crippen LogP contribution in [0.25, 0.3) is 11.1 Å². The highest BCUT2D eigenvalue weighted by Gasteiger charge is 2.42. The monoisotopic (exact) mass is 482 g/mol. The number of carboxylic acid groups (broad SMARTS) is 1. The van der Waals surface area contributed by atoms with Crippen molar-refractivity contribution in [2.45, 2.75) is 56.5 Å². The van der Waals surface area contributed by atoms with Crippen LogP contribution in [0.4, 0.5) is 4.79 Å². The minimum atomic E-state index is -1.00. The molecule has 0 radical (unpaired) electrons. The van der Waals surface area contributed by atoms with E-state index in [1.54, 1.807) is 13.8 Å². The van der Waals surface area contributed by atoms with Gasteiger partial charge in [-0.3, -0.25) is 4.79 Å². The molecule has 0 aromatic heterocycles. The molecule has 7 nitrogen and oxygen atoms in total. The van der Waals surface area contributed by atoms with Crippen LogP contribution in [-0.4, -0.2) is 57.3 Å². The molecule has 2 aromatic rings. The first-order chi connectivity index (χ1) is 16.2. The fraction of sp³-hybridized carbons (Fsp3) is 0.423. The molecule has 1 aliphatic heterocycles. The summed E-state index contributed by atoms with van der Waals surface area (Å²) in [4.78, 5) is 38.8. The van der Waals surface area contributed by atoms with Gasteiger partial charge in [0.05, 0.1) is 5.37 Å². The second-order valence-corrected chi connectivity index (χ2v) is 10.6.